The molecule has 6 heteroatoms. The molecule has 1 aromatic heterocycles. The minimum atomic E-state index is -0.238. The van der Waals surface area contributed by atoms with E-state index in [2.05, 4.69) is 10.3 Å². The smallest absolute Gasteiger partial charge is 0.261 e. The van der Waals surface area contributed by atoms with Gasteiger partial charge in [0.15, 0.2) is 0 Å². The Hall–Kier alpha value is -2.50. The van der Waals surface area contributed by atoms with Crippen LogP contribution in [0.4, 0.5) is 0 Å². The Balaban J connectivity index is 1.79. The second kappa shape index (κ2) is 4.31. The van der Waals surface area contributed by atoms with Crippen LogP contribution >= 0.6 is 0 Å². The summed E-state index contributed by atoms with van der Waals surface area (Å²) < 4.78 is 1.67. The number of amides is 2. The molecule has 0 fully saturated rings. The van der Waals surface area contributed by atoms with Crippen molar-refractivity contribution in [2.24, 2.45) is 0 Å². The summed E-state index contributed by atoms with van der Waals surface area (Å²) in [4.78, 5) is 25.5. The largest absolute Gasteiger partial charge is 0.272 e. The number of hydrogen-bond acceptors (Lipinski definition) is 4. The van der Waals surface area contributed by atoms with E-state index in [0.717, 1.165) is 5.69 Å². The molecule has 1 aliphatic heterocycles. The second-order valence-electron chi connectivity index (χ2n) is 4.41. The fraction of sp³-hybridized carbons (Fsp3) is 0.231. The number of fused-ring (bicyclic) bond motifs is 1. The van der Waals surface area contributed by atoms with Gasteiger partial charge in [-0.1, -0.05) is 17.3 Å². The van der Waals surface area contributed by atoms with Gasteiger partial charge in [0, 0.05) is 6.54 Å². The van der Waals surface area contributed by atoms with Crippen LogP contribution in [0.25, 0.3) is 0 Å². The Morgan fingerprint density at radius 2 is 1.68 bits per heavy atom. The number of nitrogens with zero attached hydrogens (tertiary/aromatic N) is 4. The maximum atomic E-state index is 12.1. The van der Waals surface area contributed by atoms with Gasteiger partial charge < -0.3 is 0 Å². The molecule has 0 saturated heterocycles. The van der Waals surface area contributed by atoms with Gasteiger partial charge in [-0.2, -0.15) is 0 Å². The van der Waals surface area contributed by atoms with Gasteiger partial charge in [-0.15, -0.1) is 5.10 Å². The number of aryl methyl sites for hydroxylation is 1. The van der Waals surface area contributed by atoms with Gasteiger partial charge >= 0.3 is 0 Å². The lowest BCUT2D eigenvalue weighted by molar-refractivity contribution is 0.0647. The van der Waals surface area contributed by atoms with E-state index >= 15 is 0 Å². The lowest BCUT2D eigenvalue weighted by Gasteiger charge is -2.13. The van der Waals surface area contributed by atoms with Crippen molar-refractivity contribution in [2.75, 3.05) is 6.54 Å². The predicted molar refractivity (Wildman–Crippen MR) is 66.6 cm³/mol. The standard InChI is InChI=1S/C13H12N4O2/c1-9-8-14-15-17(9)7-6-16-12(18)10-4-2-3-5-11(10)13(16)19/h2-5,8H,6-7H2,1H3. The van der Waals surface area contributed by atoms with E-state index in [9.17, 15) is 9.59 Å². The molecule has 19 heavy (non-hydrogen) atoms. The summed E-state index contributed by atoms with van der Waals surface area (Å²) in [6, 6.07) is 6.87. The Bertz CT molecular complexity index is 627. The van der Waals surface area contributed by atoms with Crippen LogP contribution in [0.1, 0.15) is 26.4 Å². The third-order valence-corrected chi connectivity index (χ3v) is 3.22. The number of imide groups is 1. The van der Waals surface area contributed by atoms with E-state index < -0.39 is 0 Å². The van der Waals surface area contributed by atoms with Crippen molar-refractivity contribution < 1.29 is 9.59 Å². The van der Waals surface area contributed by atoms with Crippen molar-refractivity contribution in [3.05, 3.63) is 47.3 Å². The van der Waals surface area contributed by atoms with E-state index in [1.807, 2.05) is 6.92 Å². The third kappa shape index (κ3) is 1.81. The van der Waals surface area contributed by atoms with Crippen molar-refractivity contribution in [1.82, 2.24) is 19.9 Å². The van der Waals surface area contributed by atoms with Crippen molar-refractivity contribution in [1.29, 1.82) is 0 Å². The maximum absolute atomic E-state index is 12.1. The predicted octanol–water partition coefficient (Wildman–Crippen LogP) is 0.883. The molecule has 1 aliphatic rings. The summed E-state index contributed by atoms with van der Waals surface area (Å²) in [6.45, 7) is 2.64. The van der Waals surface area contributed by atoms with Gasteiger partial charge in [-0.3, -0.25) is 14.5 Å². The van der Waals surface area contributed by atoms with E-state index in [4.69, 9.17) is 0 Å². The number of rotatable bonds is 3. The number of carbonyl (C=O) groups excluding carboxylic acids is 2. The van der Waals surface area contributed by atoms with Crippen LogP contribution in [-0.2, 0) is 6.54 Å². The Labute approximate surface area is 109 Å². The van der Waals surface area contributed by atoms with Crippen molar-refractivity contribution >= 4 is 11.8 Å². The van der Waals surface area contributed by atoms with Crippen LogP contribution in [0.2, 0.25) is 0 Å². The molecular formula is C13H12N4O2. The van der Waals surface area contributed by atoms with Gasteiger partial charge in [0.25, 0.3) is 11.8 Å². The number of hydrogen-bond donors (Lipinski definition) is 0. The fourth-order valence-electron chi connectivity index (χ4n) is 2.17. The second-order valence-corrected chi connectivity index (χ2v) is 4.41. The molecule has 3 rings (SSSR count). The number of aromatic nitrogens is 3. The summed E-state index contributed by atoms with van der Waals surface area (Å²) in [6.07, 6.45) is 1.64. The molecular weight excluding hydrogens is 244 g/mol. The number of benzene rings is 1. The highest BCUT2D eigenvalue weighted by Crippen LogP contribution is 2.22. The molecule has 0 radical (unpaired) electrons. The first-order chi connectivity index (χ1) is 9.18. The average Bonchev–Trinajstić information content (AvgIpc) is 2.93. The third-order valence-electron chi connectivity index (χ3n) is 3.22. The highest BCUT2D eigenvalue weighted by atomic mass is 16.2. The zero-order chi connectivity index (χ0) is 13.4. The highest BCUT2D eigenvalue weighted by molar-refractivity contribution is 6.21. The zero-order valence-corrected chi connectivity index (χ0v) is 10.4. The molecule has 0 N–H and O–H groups in total. The Kier molecular flexibility index (Phi) is 2.63. The summed E-state index contributed by atoms with van der Waals surface area (Å²) in [5.74, 6) is -0.475. The fourth-order valence-corrected chi connectivity index (χ4v) is 2.17. The first-order valence-corrected chi connectivity index (χ1v) is 5.99. The average molecular weight is 256 g/mol. The lowest BCUT2D eigenvalue weighted by atomic mass is 10.1. The number of carbonyl (C=O) groups is 2. The maximum Gasteiger partial charge on any atom is 0.261 e. The van der Waals surface area contributed by atoms with Crippen LogP contribution in [0.15, 0.2) is 30.5 Å². The Morgan fingerprint density at radius 1 is 1.05 bits per heavy atom. The monoisotopic (exact) mass is 256 g/mol. The SMILES string of the molecule is Cc1cnnn1CCN1C(=O)c2ccccc2C1=O. The molecule has 0 atom stereocenters. The molecule has 0 saturated carbocycles. The minimum absolute atomic E-state index is 0.238. The molecule has 0 unspecified atom stereocenters. The van der Waals surface area contributed by atoms with Gasteiger partial charge in [0.1, 0.15) is 0 Å². The van der Waals surface area contributed by atoms with E-state index in [-0.39, 0.29) is 11.8 Å². The summed E-state index contributed by atoms with van der Waals surface area (Å²) >= 11 is 0. The van der Waals surface area contributed by atoms with Crippen LogP contribution in [0, 0.1) is 6.92 Å². The van der Waals surface area contributed by atoms with Crippen LogP contribution in [-0.4, -0.2) is 38.3 Å². The molecule has 6 nitrogen and oxygen atoms in total. The van der Waals surface area contributed by atoms with Gasteiger partial charge in [0.2, 0.25) is 0 Å². The van der Waals surface area contributed by atoms with E-state index in [1.54, 1.807) is 35.1 Å². The highest BCUT2D eigenvalue weighted by Gasteiger charge is 2.34. The van der Waals surface area contributed by atoms with Crippen LogP contribution in [0.3, 0.4) is 0 Å². The lowest BCUT2D eigenvalue weighted by Crippen LogP contribution is -2.33. The summed E-state index contributed by atoms with van der Waals surface area (Å²) in [7, 11) is 0. The normalized spacial score (nSPS) is 14.1. The summed E-state index contributed by atoms with van der Waals surface area (Å²) in [5, 5.41) is 7.66. The quantitative estimate of drug-likeness (QED) is 0.764. The molecule has 2 amide bonds. The van der Waals surface area contributed by atoms with E-state index in [1.165, 1.54) is 4.90 Å². The molecule has 2 heterocycles. The summed E-state index contributed by atoms with van der Waals surface area (Å²) in [5.41, 5.74) is 1.85. The molecule has 0 bridgehead atoms. The Morgan fingerprint density at radius 3 is 2.21 bits per heavy atom. The molecule has 1 aromatic carbocycles. The molecule has 96 valence electrons. The zero-order valence-electron chi connectivity index (χ0n) is 10.4. The molecule has 0 aliphatic carbocycles. The van der Waals surface area contributed by atoms with Gasteiger partial charge in [0.05, 0.1) is 29.6 Å². The first kappa shape index (κ1) is 11.6. The van der Waals surface area contributed by atoms with Gasteiger partial charge in [-0.25, -0.2) is 4.68 Å². The topological polar surface area (TPSA) is 68.1 Å². The first-order valence-electron chi connectivity index (χ1n) is 5.99. The van der Waals surface area contributed by atoms with Crippen molar-refractivity contribution in [3.8, 4) is 0 Å². The molecule has 0 spiro atoms. The molecule has 2 aromatic rings. The van der Waals surface area contributed by atoms with Gasteiger partial charge in [-0.05, 0) is 19.1 Å². The van der Waals surface area contributed by atoms with Crippen LogP contribution in [0.5, 0.6) is 0 Å². The van der Waals surface area contributed by atoms with Crippen molar-refractivity contribution in [2.45, 2.75) is 13.5 Å². The van der Waals surface area contributed by atoms with E-state index in [0.29, 0.717) is 24.2 Å². The van der Waals surface area contributed by atoms with Crippen LogP contribution < -0.4 is 0 Å². The minimum Gasteiger partial charge on any atom is -0.272 e. The van der Waals surface area contributed by atoms with Crippen molar-refractivity contribution in [3.63, 3.8) is 0 Å².